The highest BCUT2D eigenvalue weighted by Gasteiger charge is 2.33. The largest absolute Gasteiger partial charge is 0.318 e. The second kappa shape index (κ2) is 5.18. The number of thioether (sulfide) groups is 1. The molecule has 21 heavy (non-hydrogen) atoms. The molecule has 0 saturated carbocycles. The van der Waals surface area contributed by atoms with E-state index in [4.69, 9.17) is 0 Å². The lowest BCUT2D eigenvalue weighted by atomic mass is 10.0. The van der Waals surface area contributed by atoms with E-state index in [-0.39, 0.29) is 0 Å². The lowest BCUT2D eigenvalue weighted by molar-refractivity contribution is 0.646. The first-order chi connectivity index (χ1) is 10.3. The molecule has 2 aliphatic rings. The monoisotopic (exact) mass is 314 g/mol. The van der Waals surface area contributed by atoms with Gasteiger partial charge in [-0.1, -0.05) is 25.1 Å². The van der Waals surface area contributed by atoms with Crippen LogP contribution in [0, 0.1) is 6.92 Å². The lowest BCUT2D eigenvalue weighted by Crippen LogP contribution is -2.20. The van der Waals surface area contributed by atoms with Crippen LogP contribution in [-0.4, -0.2) is 23.2 Å². The molecule has 0 N–H and O–H groups in total. The minimum Gasteiger partial charge on any atom is -0.318 e. The first-order valence-corrected chi connectivity index (χ1v) is 9.18. The fourth-order valence-corrected chi connectivity index (χ4v) is 5.33. The third-order valence-electron chi connectivity index (χ3n) is 4.00. The number of thiophene rings is 1. The number of hydrogen-bond donors (Lipinski definition) is 0. The average Bonchev–Trinajstić information content (AvgIpc) is 3.12. The number of amidine groups is 1. The molecular weight excluding hydrogens is 296 g/mol. The van der Waals surface area contributed by atoms with Gasteiger partial charge in [0.2, 0.25) is 0 Å². The fourth-order valence-electron chi connectivity index (χ4n) is 3.13. The number of hydrogen-bond acceptors (Lipinski definition) is 4. The van der Waals surface area contributed by atoms with Crippen LogP contribution < -0.4 is 0 Å². The van der Waals surface area contributed by atoms with Crippen LogP contribution in [0.25, 0.3) is 15.8 Å². The van der Waals surface area contributed by atoms with Crippen LogP contribution in [0.15, 0.2) is 33.5 Å². The minimum atomic E-state index is 0.934. The van der Waals surface area contributed by atoms with E-state index in [9.17, 15) is 0 Å². The van der Waals surface area contributed by atoms with Crippen molar-refractivity contribution in [1.29, 1.82) is 0 Å². The SMILES string of the molecule is CCCC1=C(c2cc(C)cc3sccc23)N2CCN=C2S1. The van der Waals surface area contributed by atoms with Gasteiger partial charge in [0.05, 0.1) is 12.2 Å². The quantitative estimate of drug-likeness (QED) is 0.783. The normalized spacial score (nSPS) is 17.8. The highest BCUT2D eigenvalue weighted by molar-refractivity contribution is 8.17. The summed E-state index contributed by atoms with van der Waals surface area (Å²) in [6.07, 6.45) is 2.33. The Hall–Kier alpha value is -1.26. The standard InChI is InChI=1S/C17H18N2S2/c1-3-4-14-16(19-7-6-18-17(19)21-14)13-9-11(2)10-15-12(13)5-8-20-15/h5,8-10H,3-4,6-7H2,1-2H3. The molecule has 0 unspecified atom stereocenters. The van der Waals surface area contributed by atoms with Crippen molar-refractivity contribution in [3.63, 3.8) is 0 Å². The summed E-state index contributed by atoms with van der Waals surface area (Å²) in [6.45, 7) is 6.42. The molecule has 2 nitrogen and oxygen atoms in total. The summed E-state index contributed by atoms with van der Waals surface area (Å²) in [5.74, 6) is 0. The van der Waals surface area contributed by atoms with E-state index < -0.39 is 0 Å². The predicted octanol–water partition coefficient (Wildman–Crippen LogP) is 5.10. The van der Waals surface area contributed by atoms with Gasteiger partial charge in [0.25, 0.3) is 0 Å². The van der Waals surface area contributed by atoms with Crippen LogP contribution >= 0.6 is 23.1 Å². The third kappa shape index (κ3) is 2.12. The summed E-state index contributed by atoms with van der Waals surface area (Å²) < 4.78 is 1.39. The van der Waals surface area contributed by atoms with E-state index in [0.717, 1.165) is 19.5 Å². The Labute approximate surface area is 133 Å². The Balaban J connectivity index is 1.94. The molecule has 1 aromatic carbocycles. The average molecular weight is 314 g/mol. The molecule has 1 aromatic heterocycles. The maximum atomic E-state index is 4.66. The Kier molecular flexibility index (Phi) is 3.31. The topological polar surface area (TPSA) is 15.6 Å². The summed E-state index contributed by atoms with van der Waals surface area (Å²) >= 11 is 3.72. The van der Waals surface area contributed by atoms with Crippen molar-refractivity contribution in [3.8, 4) is 0 Å². The highest BCUT2D eigenvalue weighted by Crippen LogP contribution is 2.45. The Morgan fingerprint density at radius 2 is 2.24 bits per heavy atom. The van der Waals surface area contributed by atoms with Gasteiger partial charge in [-0.05, 0) is 42.5 Å². The van der Waals surface area contributed by atoms with Crippen molar-refractivity contribution in [3.05, 3.63) is 39.6 Å². The molecule has 0 fully saturated rings. The summed E-state index contributed by atoms with van der Waals surface area (Å²) in [6, 6.07) is 6.91. The maximum Gasteiger partial charge on any atom is 0.168 e. The summed E-state index contributed by atoms with van der Waals surface area (Å²) in [5.41, 5.74) is 4.16. The van der Waals surface area contributed by atoms with Gasteiger partial charge in [-0.25, -0.2) is 0 Å². The molecule has 0 amide bonds. The van der Waals surface area contributed by atoms with Crippen LogP contribution in [0.5, 0.6) is 0 Å². The number of allylic oxidation sites excluding steroid dienone is 1. The Morgan fingerprint density at radius 3 is 3.10 bits per heavy atom. The number of rotatable bonds is 3. The van der Waals surface area contributed by atoms with Crippen molar-refractivity contribution < 1.29 is 0 Å². The third-order valence-corrected chi connectivity index (χ3v) is 6.04. The van der Waals surface area contributed by atoms with Crippen molar-refractivity contribution in [2.45, 2.75) is 26.7 Å². The van der Waals surface area contributed by atoms with Crippen LogP contribution in [0.4, 0.5) is 0 Å². The zero-order chi connectivity index (χ0) is 14.4. The van der Waals surface area contributed by atoms with Gasteiger partial charge in [-0.2, -0.15) is 0 Å². The summed E-state index contributed by atoms with van der Waals surface area (Å²) in [4.78, 5) is 8.59. The van der Waals surface area contributed by atoms with E-state index in [1.807, 2.05) is 23.1 Å². The lowest BCUT2D eigenvalue weighted by Gasteiger charge is -2.19. The van der Waals surface area contributed by atoms with Crippen LogP contribution in [0.1, 0.15) is 30.9 Å². The molecule has 0 atom stereocenters. The van der Waals surface area contributed by atoms with E-state index in [1.54, 1.807) is 0 Å². The Bertz CT molecular complexity index is 770. The molecule has 108 valence electrons. The molecule has 2 aliphatic heterocycles. The van der Waals surface area contributed by atoms with Crippen LogP contribution in [-0.2, 0) is 0 Å². The molecule has 2 aromatic rings. The van der Waals surface area contributed by atoms with E-state index in [2.05, 4.69) is 47.3 Å². The smallest absolute Gasteiger partial charge is 0.168 e. The predicted molar refractivity (Wildman–Crippen MR) is 95.0 cm³/mol. The molecule has 0 aliphatic carbocycles. The van der Waals surface area contributed by atoms with Crippen molar-refractivity contribution in [1.82, 2.24) is 4.90 Å². The minimum absolute atomic E-state index is 0.934. The Morgan fingerprint density at radius 1 is 1.33 bits per heavy atom. The molecular formula is C17H18N2S2. The molecule has 0 bridgehead atoms. The van der Waals surface area contributed by atoms with Crippen LogP contribution in [0.2, 0.25) is 0 Å². The second-order valence-electron chi connectivity index (χ2n) is 5.58. The highest BCUT2D eigenvalue weighted by atomic mass is 32.2. The zero-order valence-electron chi connectivity index (χ0n) is 12.3. The molecule has 4 rings (SSSR count). The maximum absolute atomic E-state index is 4.66. The van der Waals surface area contributed by atoms with Gasteiger partial charge in [-0.3, -0.25) is 4.99 Å². The van der Waals surface area contributed by atoms with Gasteiger partial charge >= 0.3 is 0 Å². The van der Waals surface area contributed by atoms with Crippen LogP contribution in [0.3, 0.4) is 0 Å². The number of benzene rings is 1. The summed E-state index contributed by atoms with van der Waals surface area (Å²) in [7, 11) is 0. The molecule has 0 radical (unpaired) electrons. The van der Waals surface area contributed by atoms with Crippen molar-refractivity contribution in [2.75, 3.05) is 13.1 Å². The first kappa shape index (κ1) is 13.4. The zero-order valence-corrected chi connectivity index (χ0v) is 14.0. The number of nitrogens with zero attached hydrogens (tertiary/aromatic N) is 2. The van der Waals surface area contributed by atoms with Gasteiger partial charge in [0.15, 0.2) is 5.17 Å². The molecule has 4 heteroatoms. The molecule has 3 heterocycles. The summed E-state index contributed by atoms with van der Waals surface area (Å²) in [5, 5.41) is 4.80. The van der Waals surface area contributed by atoms with Crippen molar-refractivity contribution >= 4 is 44.0 Å². The van der Waals surface area contributed by atoms with E-state index >= 15 is 0 Å². The van der Waals surface area contributed by atoms with Crippen molar-refractivity contribution in [2.24, 2.45) is 4.99 Å². The first-order valence-electron chi connectivity index (χ1n) is 7.49. The van der Waals surface area contributed by atoms with E-state index in [0.29, 0.717) is 0 Å². The van der Waals surface area contributed by atoms with Gasteiger partial charge < -0.3 is 4.90 Å². The van der Waals surface area contributed by atoms with E-state index in [1.165, 1.54) is 43.4 Å². The fraction of sp³-hybridized carbons (Fsp3) is 0.353. The number of aryl methyl sites for hydroxylation is 1. The number of fused-ring (bicyclic) bond motifs is 2. The molecule has 0 saturated heterocycles. The van der Waals surface area contributed by atoms with Gasteiger partial charge in [0, 0.05) is 27.1 Å². The van der Waals surface area contributed by atoms with Gasteiger partial charge in [-0.15, -0.1) is 11.3 Å². The number of aliphatic imine (C=N–C) groups is 1. The second-order valence-corrected chi connectivity index (χ2v) is 7.59. The molecule has 0 spiro atoms. The van der Waals surface area contributed by atoms with Gasteiger partial charge in [0.1, 0.15) is 0 Å².